The average molecular weight is 324 g/mol. The van der Waals surface area contributed by atoms with Crippen LogP contribution >= 0.6 is 0 Å². The molecular formula is C21H16N4. The van der Waals surface area contributed by atoms with Crippen molar-refractivity contribution in [1.82, 2.24) is 0 Å². The minimum Gasteiger partial charge on any atom is -0.340 e. The normalized spacial score (nSPS) is 17.0. The Kier molecular flexibility index (Phi) is 3.20. The van der Waals surface area contributed by atoms with Gasteiger partial charge in [-0.1, -0.05) is 60.7 Å². The van der Waals surface area contributed by atoms with E-state index in [4.69, 9.17) is 4.99 Å². The molecule has 2 aliphatic rings. The molecule has 0 aliphatic carbocycles. The minimum atomic E-state index is -0.0177. The van der Waals surface area contributed by atoms with Gasteiger partial charge in [0.1, 0.15) is 6.17 Å². The fraction of sp³-hybridized carbons (Fsp3) is 0.0952. The highest BCUT2D eigenvalue weighted by molar-refractivity contribution is 5.60. The standard InChI is InChI=1S/C21H16N4/c1-3-7-15(8-4-1)14-25-20-11-17-13-22-24-18(17)12-19(20)23-21(25)16-9-5-2-6-10-16/h1-13,21H,14H2. The highest BCUT2D eigenvalue weighted by atomic mass is 15.3. The van der Waals surface area contributed by atoms with Gasteiger partial charge in [0.25, 0.3) is 0 Å². The second-order valence-electron chi connectivity index (χ2n) is 6.27. The molecular weight excluding hydrogens is 308 g/mol. The van der Waals surface area contributed by atoms with Crippen LogP contribution in [0.15, 0.2) is 88.0 Å². The van der Waals surface area contributed by atoms with Crippen molar-refractivity contribution in [1.29, 1.82) is 0 Å². The summed E-state index contributed by atoms with van der Waals surface area (Å²) >= 11 is 0. The topological polar surface area (TPSA) is 40.3 Å². The highest BCUT2D eigenvalue weighted by Gasteiger charge is 2.27. The van der Waals surface area contributed by atoms with Gasteiger partial charge in [-0.2, -0.15) is 10.2 Å². The van der Waals surface area contributed by atoms with E-state index >= 15 is 0 Å². The first-order valence-electron chi connectivity index (χ1n) is 8.37. The summed E-state index contributed by atoms with van der Waals surface area (Å²) in [6, 6.07) is 25.2. The Labute approximate surface area is 145 Å². The van der Waals surface area contributed by atoms with Gasteiger partial charge in [-0.3, -0.25) is 4.99 Å². The Morgan fingerprint density at radius 3 is 2.44 bits per heavy atom. The fourth-order valence-corrected chi connectivity index (χ4v) is 3.42. The molecule has 5 rings (SSSR count). The Morgan fingerprint density at radius 1 is 0.880 bits per heavy atom. The van der Waals surface area contributed by atoms with Crippen LogP contribution in [-0.2, 0) is 6.54 Å². The first-order chi connectivity index (χ1) is 12.4. The lowest BCUT2D eigenvalue weighted by Gasteiger charge is -2.27. The van der Waals surface area contributed by atoms with Crippen LogP contribution in [0.25, 0.3) is 6.20 Å². The SMILES string of the molecule is C1=c2cc3c(cc2N=N1)=NC(c1ccccc1)N3Cc1ccccc1. The van der Waals surface area contributed by atoms with Crippen LogP contribution in [0.3, 0.4) is 0 Å². The van der Waals surface area contributed by atoms with Crippen molar-refractivity contribution in [3.05, 3.63) is 94.5 Å². The quantitative estimate of drug-likeness (QED) is 0.721. The number of fused-ring (bicyclic) bond motifs is 2. The number of azo groups is 1. The van der Waals surface area contributed by atoms with Crippen molar-refractivity contribution in [2.24, 2.45) is 15.2 Å². The summed E-state index contributed by atoms with van der Waals surface area (Å²) in [6.45, 7) is 0.809. The second-order valence-corrected chi connectivity index (χ2v) is 6.27. The lowest BCUT2D eigenvalue weighted by atomic mass is 10.1. The smallest absolute Gasteiger partial charge is 0.148 e. The molecule has 2 heterocycles. The molecule has 0 saturated carbocycles. The summed E-state index contributed by atoms with van der Waals surface area (Å²) in [4.78, 5) is 7.34. The van der Waals surface area contributed by atoms with Gasteiger partial charge < -0.3 is 4.90 Å². The monoisotopic (exact) mass is 324 g/mol. The van der Waals surface area contributed by atoms with Crippen LogP contribution in [-0.4, -0.2) is 0 Å². The predicted octanol–water partition coefficient (Wildman–Crippen LogP) is 3.86. The van der Waals surface area contributed by atoms with Gasteiger partial charge in [0.05, 0.1) is 22.9 Å². The molecule has 0 bridgehead atoms. The lowest BCUT2D eigenvalue weighted by molar-refractivity contribution is 0.665. The Balaban J connectivity index is 1.64. The van der Waals surface area contributed by atoms with E-state index in [0.29, 0.717) is 0 Å². The van der Waals surface area contributed by atoms with Gasteiger partial charge in [-0.15, -0.1) is 0 Å². The van der Waals surface area contributed by atoms with Gasteiger partial charge in [0.2, 0.25) is 0 Å². The van der Waals surface area contributed by atoms with E-state index in [2.05, 4.69) is 69.7 Å². The summed E-state index contributed by atoms with van der Waals surface area (Å²) in [5.41, 5.74) is 4.50. The van der Waals surface area contributed by atoms with E-state index in [-0.39, 0.29) is 6.17 Å². The number of hydrogen-bond acceptors (Lipinski definition) is 4. The second kappa shape index (κ2) is 5.67. The fourth-order valence-electron chi connectivity index (χ4n) is 3.42. The molecule has 0 aromatic heterocycles. The van der Waals surface area contributed by atoms with E-state index in [1.54, 1.807) is 0 Å². The van der Waals surface area contributed by atoms with E-state index in [0.717, 1.165) is 28.5 Å². The van der Waals surface area contributed by atoms with E-state index in [9.17, 15) is 0 Å². The van der Waals surface area contributed by atoms with Crippen LogP contribution in [0.1, 0.15) is 17.3 Å². The zero-order valence-electron chi connectivity index (χ0n) is 13.6. The number of rotatable bonds is 3. The molecule has 1 atom stereocenters. The maximum Gasteiger partial charge on any atom is 0.148 e. The van der Waals surface area contributed by atoms with Crippen molar-refractivity contribution < 1.29 is 0 Å². The molecule has 0 radical (unpaired) electrons. The molecule has 120 valence electrons. The Bertz CT molecular complexity index is 1070. The van der Waals surface area contributed by atoms with Gasteiger partial charge in [0.15, 0.2) is 0 Å². The van der Waals surface area contributed by atoms with Crippen molar-refractivity contribution >= 4 is 17.6 Å². The molecule has 0 fully saturated rings. The molecule has 3 aromatic rings. The Hall–Kier alpha value is -3.27. The summed E-state index contributed by atoms with van der Waals surface area (Å²) in [6.07, 6.45) is 1.79. The first kappa shape index (κ1) is 14.1. The third-order valence-corrected chi connectivity index (χ3v) is 4.65. The summed E-state index contributed by atoms with van der Waals surface area (Å²) < 4.78 is 0. The van der Waals surface area contributed by atoms with Gasteiger partial charge in [-0.05, 0) is 23.3 Å². The molecule has 0 saturated heterocycles. The van der Waals surface area contributed by atoms with E-state index < -0.39 is 0 Å². The predicted molar refractivity (Wildman–Crippen MR) is 98.0 cm³/mol. The van der Waals surface area contributed by atoms with E-state index in [1.165, 1.54) is 11.1 Å². The number of hydrogen-bond donors (Lipinski definition) is 0. The van der Waals surface area contributed by atoms with Crippen molar-refractivity contribution in [3.63, 3.8) is 0 Å². The van der Waals surface area contributed by atoms with Crippen LogP contribution in [0.2, 0.25) is 0 Å². The summed E-state index contributed by atoms with van der Waals surface area (Å²) in [5, 5.41) is 10.2. The van der Waals surface area contributed by atoms with Crippen molar-refractivity contribution in [3.8, 4) is 0 Å². The van der Waals surface area contributed by atoms with Crippen LogP contribution in [0.5, 0.6) is 0 Å². The molecule has 0 spiro atoms. The van der Waals surface area contributed by atoms with E-state index in [1.807, 2.05) is 24.4 Å². The first-order valence-corrected chi connectivity index (χ1v) is 8.37. The number of benzene rings is 3. The lowest BCUT2D eigenvalue weighted by Crippen LogP contribution is -2.26. The number of anilines is 1. The highest BCUT2D eigenvalue weighted by Crippen LogP contribution is 2.32. The molecule has 2 aliphatic heterocycles. The maximum absolute atomic E-state index is 4.99. The largest absolute Gasteiger partial charge is 0.340 e. The minimum absolute atomic E-state index is 0.0177. The molecule has 4 nitrogen and oxygen atoms in total. The van der Waals surface area contributed by atoms with Crippen LogP contribution in [0.4, 0.5) is 11.4 Å². The molecule has 4 heteroatoms. The summed E-state index contributed by atoms with van der Waals surface area (Å²) in [5.74, 6) is 0. The third-order valence-electron chi connectivity index (χ3n) is 4.65. The van der Waals surface area contributed by atoms with Crippen molar-refractivity contribution in [2.75, 3.05) is 4.90 Å². The van der Waals surface area contributed by atoms with Gasteiger partial charge >= 0.3 is 0 Å². The number of nitrogens with zero attached hydrogens (tertiary/aromatic N) is 4. The van der Waals surface area contributed by atoms with Crippen LogP contribution < -0.4 is 15.5 Å². The summed E-state index contributed by atoms with van der Waals surface area (Å²) in [7, 11) is 0. The molecule has 0 N–H and O–H groups in total. The average Bonchev–Trinajstić information content (AvgIpc) is 3.26. The molecule has 3 aromatic carbocycles. The van der Waals surface area contributed by atoms with Crippen LogP contribution in [0, 0.1) is 0 Å². The van der Waals surface area contributed by atoms with Gasteiger partial charge in [-0.25, -0.2) is 0 Å². The van der Waals surface area contributed by atoms with Crippen molar-refractivity contribution in [2.45, 2.75) is 12.7 Å². The molecule has 0 amide bonds. The Morgan fingerprint density at radius 2 is 1.64 bits per heavy atom. The third kappa shape index (κ3) is 2.43. The molecule has 1 unspecified atom stereocenters. The zero-order chi connectivity index (χ0) is 16.6. The zero-order valence-corrected chi connectivity index (χ0v) is 13.6. The molecule has 25 heavy (non-hydrogen) atoms. The maximum atomic E-state index is 4.99. The van der Waals surface area contributed by atoms with Gasteiger partial charge in [0, 0.05) is 11.8 Å².